The highest BCUT2D eigenvalue weighted by atomic mass is 16.3. The van der Waals surface area contributed by atoms with Crippen molar-refractivity contribution in [3.8, 4) is 0 Å². The van der Waals surface area contributed by atoms with Crippen molar-refractivity contribution in [3.05, 3.63) is 29.8 Å². The van der Waals surface area contributed by atoms with Crippen LogP contribution in [0.1, 0.15) is 25.3 Å². The Kier molecular flexibility index (Phi) is 3.93. The molecule has 1 aromatic carbocycles. The van der Waals surface area contributed by atoms with Gasteiger partial charge in [-0.05, 0) is 38.8 Å². The lowest BCUT2D eigenvalue weighted by Gasteiger charge is -2.34. The summed E-state index contributed by atoms with van der Waals surface area (Å²) in [6.07, 6.45) is 2.48. The molecule has 1 unspecified atom stereocenters. The maximum Gasteiger partial charge on any atom is 0.0628 e. The Bertz CT molecular complexity index is 386. The van der Waals surface area contributed by atoms with Gasteiger partial charge >= 0.3 is 0 Å². The molecule has 3 heteroatoms. The van der Waals surface area contributed by atoms with E-state index in [2.05, 4.69) is 55.4 Å². The van der Waals surface area contributed by atoms with Crippen LogP contribution in [-0.2, 0) is 0 Å². The molecule has 0 radical (unpaired) electrons. The number of aliphatic hydroxyl groups excluding tert-OH is 1. The Morgan fingerprint density at radius 3 is 2.44 bits per heavy atom. The van der Waals surface area contributed by atoms with Crippen LogP contribution >= 0.6 is 0 Å². The van der Waals surface area contributed by atoms with Crippen molar-refractivity contribution in [3.63, 3.8) is 0 Å². The molecule has 1 saturated carbocycles. The number of benzene rings is 1. The number of nitrogens with one attached hydrogen (secondary N) is 1. The van der Waals surface area contributed by atoms with Crippen molar-refractivity contribution in [2.75, 3.05) is 25.1 Å². The lowest BCUT2D eigenvalue weighted by Crippen LogP contribution is -2.54. The molecule has 1 fully saturated rings. The minimum Gasteiger partial charge on any atom is -0.394 e. The zero-order valence-corrected chi connectivity index (χ0v) is 11.6. The predicted octanol–water partition coefficient (Wildman–Crippen LogP) is 1.93. The van der Waals surface area contributed by atoms with E-state index in [4.69, 9.17) is 0 Å². The zero-order chi connectivity index (χ0) is 13.2. The van der Waals surface area contributed by atoms with Gasteiger partial charge < -0.3 is 15.3 Å². The van der Waals surface area contributed by atoms with Crippen LogP contribution < -0.4 is 10.2 Å². The van der Waals surface area contributed by atoms with Crippen LogP contribution in [0.15, 0.2) is 24.3 Å². The van der Waals surface area contributed by atoms with Gasteiger partial charge in [0.05, 0.1) is 12.1 Å². The van der Waals surface area contributed by atoms with Gasteiger partial charge in [0.1, 0.15) is 0 Å². The second-order valence-electron chi connectivity index (χ2n) is 5.83. The minimum atomic E-state index is -0.221. The molecular formula is C15H24N2O. The first kappa shape index (κ1) is 13.4. The number of hydrogen-bond donors (Lipinski definition) is 2. The molecule has 0 heterocycles. The van der Waals surface area contributed by atoms with Crippen LogP contribution in [0.5, 0.6) is 0 Å². The van der Waals surface area contributed by atoms with E-state index in [0.717, 1.165) is 6.54 Å². The second-order valence-corrected chi connectivity index (χ2v) is 5.83. The molecule has 1 aromatic rings. The van der Waals surface area contributed by atoms with Crippen molar-refractivity contribution >= 4 is 5.69 Å². The highest BCUT2D eigenvalue weighted by Gasteiger charge is 2.32. The van der Waals surface area contributed by atoms with Crippen LogP contribution in [0.3, 0.4) is 0 Å². The lowest BCUT2D eigenvalue weighted by atomic mass is 10.0. The first-order chi connectivity index (χ1) is 8.52. The first-order valence-electron chi connectivity index (χ1n) is 6.69. The van der Waals surface area contributed by atoms with Crippen molar-refractivity contribution in [1.29, 1.82) is 0 Å². The van der Waals surface area contributed by atoms with Crippen LogP contribution in [-0.4, -0.2) is 36.9 Å². The number of anilines is 1. The van der Waals surface area contributed by atoms with Gasteiger partial charge in [-0.1, -0.05) is 17.7 Å². The number of aliphatic hydroxyl groups is 1. The molecule has 0 amide bonds. The molecule has 0 aliphatic heterocycles. The van der Waals surface area contributed by atoms with E-state index in [1.807, 2.05) is 0 Å². The van der Waals surface area contributed by atoms with E-state index >= 15 is 0 Å². The van der Waals surface area contributed by atoms with Crippen molar-refractivity contribution in [2.24, 2.45) is 0 Å². The number of aryl methyl sites for hydroxylation is 1. The van der Waals surface area contributed by atoms with Crippen LogP contribution in [0.4, 0.5) is 5.69 Å². The van der Waals surface area contributed by atoms with Crippen molar-refractivity contribution in [1.82, 2.24) is 5.32 Å². The summed E-state index contributed by atoms with van der Waals surface area (Å²) in [5.74, 6) is 0. The van der Waals surface area contributed by atoms with Crippen LogP contribution in [0.25, 0.3) is 0 Å². The molecule has 2 N–H and O–H groups in total. The monoisotopic (exact) mass is 248 g/mol. The summed E-state index contributed by atoms with van der Waals surface area (Å²) in [5.41, 5.74) is 2.24. The third kappa shape index (κ3) is 3.47. The van der Waals surface area contributed by atoms with Gasteiger partial charge in [-0.2, -0.15) is 0 Å². The first-order valence-corrected chi connectivity index (χ1v) is 6.69. The molecule has 0 bridgehead atoms. The van der Waals surface area contributed by atoms with Crippen molar-refractivity contribution in [2.45, 2.75) is 38.3 Å². The largest absolute Gasteiger partial charge is 0.394 e. The molecule has 18 heavy (non-hydrogen) atoms. The van der Waals surface area contributed by atoms with Gasteiger partial charge in [-0.25, -0.2) is 0 Å². The molecule has 0 saturated heterocycles. The topological polar surface area (TPSA) is 35.5 Å². The third-order valence-electron chi connectivity index (χ3n) is 3.54. The lowest BCUT2D eigenvalue weighted by molar-refractivity contribution is 0.177. The highest BCUT2D eigenvalue weighted by molar-refractivity contribution is 5.47. The average Bonchev–Trinajstić information content (AvgIpc) is 3.13. The van der Waals surface area contributed by atoms with Gasteiger partial charge in [0.25, 0.3) is 0 Å². The molecular weight excluding hydrogens is 224 g/mol. The molecule has 0 spiro atoms. The summed E-state index contributed by atoms with van der Waals surface area (Å²) in [6, 6.07) is 9.11. The summed E-state index contributed by atoms with van der Waals surface area (Å²) in [6.45, 7) is 5.16. The van der Waals surface area contributed by atoms with E-state index in [1.165, 1.54) is 24.1 Å². The number of rotatable bonds is 6. The summed E-state index contributed by atoms with van der Waals surface area (Å²) >= 11 is 0. The average molecular weight is 248 g/mol. The second kappa shape index (κ2) is 5.29. The number of likely N-dealkylation sites (N-methyl/N-ethyl adjacent to an activating group) is 1. The Morgan fingerprint density at radius 2 is 1.94 bits per heavy atom. The molecule has 1 aliphatic rings. The number of hydrogen-bond acceptors (Lipinski definition) is 3. The Balaban J connectivity index is 1.99. The minimum absolute atomic E-state index is 0.166. The summed E-state index contributed by atoms with van der Waals surface area (Å²) < 4.78 is 0. The van der Waals surface area contributed by atoms with Crippen LogP contribution in [0.2, 0.25) is 0 Å². The summed E-state index contributed by atoms with van der Waals surface area (Å²) in [5, 5.41) is 13.2. The van der Waals surface area contributed by atoms with Gasteiger partial charge in [-0.3, -0.25) is 0 Å². The van der Waals surface area contributed by atoms with E-state index in [-0.39, 0.29) is 12.1 Å². The molecule has 1 aliphatic carbocycles. The zero-order valence-electron chi connectivity index (χ0n) is 11.6. The fraction of sp³-hybridized carbons (Fsp3) is 0.600. The Morgan fingerprint density at radius 1 is 1.33 bits per heavy atom. The molecule has 100 valence electrons. The third-order valence-corrected chi connectivity index (χ3v) is 3.54. The van der Waals surface area contributed by atoms with Gasteiger partial charge in [0.15, 0.2) is 0 Å². The Labute approximate surface area is 110 Å². The summed E-state index contributed by atoms with van der Waals surface area (Å²) in [4.78, 5) is 2.20. The van der Waals surface area contributed by atoms with E-state index < -0.39 is 0 Å². The standard InChI is InChI=1S/C15H24N2O/c1-12-4-8-14(9-5-12)17(3)10-15(2,11-18)16-13-6-7-13/h4-5,8-9,13,16,18H,6-7,10-11H2,1-3H3. The number of nitrogens with zero attached hydrogens (tertiary/aromatic N) is 1. The molecule has 1 atom stereocenters. The van der Waals surface area contributed by atoms with E-state index in [1.54, 1.807) is 0 Å². The fourth-order valence-electron chi connectivity index (χ4n) is 2.28. The van der Waals surface area contributed by atoms with E-state index in [0.29, 0.717) is 6.04 Å². The van der Waals surface area contributed by atoms with Crippen molar-refractivity contribution < 1.29 is 5.11 Å². The van der Waals surface area contributed by atoms with E-state index in [9.17, 15) is 5.11 Å². The summed E-state index contributed by atoms with van der Waals surface area (Å²) in [7, 11) is 2.08. The molecule has 0 aromatic heterocycles. The highest BCUT2D eigenvalue weighted by Crippen LogP contribution is 2.24. The predicted molar refractivity (Wildman–Crippen MR) is 76.1 cm³/mol. The normalized spacial score (nSPS) is 18.4. The van der Waals surface area contributed by atoms with Gasteiger partial charge in [-0.15, -0.1) is 0 Å². The Hall–Kier alpha value is -1.06. The molecule has 3 nitrogen and oxygen atoms in total. The SMILES string of the molecule is Cc1ccc(N(C)CC(C)(CO)NC2CC2)cc1. The molecule has 2 rings (SSSR count). The quantitative estimate of drug-likeness (QED) is 0.807. The van der Waals surface area contributed by atoms with Gasteiger partial charge in [0, 0.05) is 25.3 Å². The smallest absolute Gasteiger partial charge is 0.0628 e. The van der Waals surface area contributed by atoms with Gasteiger partial charge in [0.2, 0.25) is 0 Å². The van der Waals surface area contributed by atoms with Crippen LogP contribution in [0, 0.1) is 6.92 Å². The maximum atomic E-state index is 9.61. The fourth-order valence-corrected chi connectivity index (χ4v) is 2.28. The maximum absolute atomic E-state index is 9.61.